The maximum absolute atomic E-state index is 11.3. The lowest BCUT2D eigenvalue weighted by Gasteiger charge is -1.97. The molecule has 3 rings (SSSR count). The Balaban J connectivity index is 2.37. The van der Waals surface area contributed by atoms with Crippen molar-refractivity contribution in [2.24, 2.45) is 5.73 Å². The predicted molar refractivity (Wildman–Crippen MR) is 62.6 cm³/mol. The second kappa shape index (κ2) is 3.66. The summed E-state index contributed by atoms with van der Waals surface area (Å²) < 4.78 is 5.44. The van der Waals surface area contributed by atoms with Gasteiger partial charge in [0.15, 0.2) is 5.76 Å². The van der Waals surface area contributed by atoms with Crippen molar-refractivity contribution in [2.75, 3.05) is 0 Å². The van der Waals surface area contributed by atoms with Gasteiger partial charge in [0.2, 0.25) is 5.82 Å². The number of aryl methyl sites for hydroxylation is 1. The van der Waals surface area contributed by atoms with Gasteiger partial charge in [-0.1, -0.05) is 12.1 Å². The molecule has 0 aliphatic heterocycles. The zero-order chi connectivity index (χ0) is 12.7. The van der Waals surface area contributed by atoms with Crippen LogP contribution >= 0.6 is 0 Å². The lowest BCUT2D eigenvalue weighted by molar-refractivity contribution is 0.0975. The van der Waals surface area contributed by atoms with Gasteiger partial charge in [0.25, 0.3) is 5.91 Å². The van der Waals surface area contributed by atoms with Gasteiger partial charge in [-0.05, 0) is 18.2 Å². The number of aromatic amines is 1. The zero-order valence-corrected chi connectivity index (χ0v) is 9.47. The number of nitrogens with zero attached hydrogens (tertiary/aromatic N) is 3. The summed E-state index contributed by atoms with van der Waals surface area (Å²) in [5.74, 6) is 0.00391. The van der Waals surface area contributed by atoms with Gasteiger partial charge in [0.05, 0.1) is 0 Å². The number of furan rings is 1. The van der Waals surface area contributed by atoms with Gasteiger partial charge in [0.1, 0.15) is 5.58 Å². The van der Waals surface area contributed by atoms with Crippen LogP contribution in [0.4, 0.5) is 0 Å². The zero-order valence-electron chi connectivity index (χ0n) is 9.47. The summed E-state index contributed by atoms with van der Waals surface area (Å²) in [5.41, 5.74) is 7.26. The Morgan fingerprint density at radius 2 is 2.28 bits per heavy atom. The van der Waals surface area contributed by atoms with E-state index in [9.17, 15) is 4.79 Å². The third-order valence-corrected chi connectivity index (χ3v) is 2.76. The summed E-state index contributed by atoms with van der Waals surface area (Å²) in [6, 6.07) is 5.39. The number of benzene rings is 1. The highest BCUT2D eigenvalue weighted by Gasteiger charge is 2.19. The predicted octanol–water partition coefficient (Wildman–Crippen LogP) is 1.02. The number of fused-ring (bicyclic) bond motifs is 1. The molecule has 0 saturated carbocycles. The highest BCUT2D eigenvalue weighted by atomic mass is 16.3. The van der Waals surface area contributed by atoms with Gasteiger partial charge in [-0.3, -0.25) is 4.79 Å². The number of nitrogens with one attached hydrogen (secondary N) is 1. The van der Waals surface area contributed by atoms with Crippen molar-refractivity contribution in [3.05, 3.63) is 29.5 Å². The van der Waals surface area contributed by atoms with Gasteiger partial charge in [-0.2, -0.15) is 5.21 Å². The van der Waals surface area contributed by atoms with Crippen molar-refractivity contribution < 1.29 is 9.21 Å². The number of H-pyrrole nitrogens is 1. The fourth-order valence-electron chi connectivity index (χ4n) is 2.00. The highest BCUT2D eigenvalue weighted by molar-refractivity contribution is 6.02. The summed E-state index contributed by atoms with van der Waals surface area (Å²) in [6.45, 7) is 1.77. The van der Waals surface area contributed by atoms with E-state index in [2.05, 4.69) is 20.6 Å². The third-order valence-electron chi connectivity index (χ3n) is 2.76. The number of tetrazole rings is 1. The minimum absolute atomic E-state index is 0.154. The molecule has 1 aromatic carbocycles. The van der Waals surface area contributed by atoms with Crippen LogP contribution < -0.4 is 5.73 Å². The van der Waals surface area contributed by atoms with E-state index in [0.717, 1.165) is 10.9 Å². The maximum Gasteiger partial charge on any atom is 0.284 e. The van der Waals surface area contributed by atoms with Gasteiger partial charge in [0, 0.05) is 16.5 Å². The van der Waals surface area contributed by atoms with Crippen LogP contribution in [0.15, 0.2) is 22.6 Å². The van der Waals surface area contributed by atoms with E-state index in [-0.39, 0.29) is 5.76 Å². The van der Waals surface area contributed by atoms with Crippen molar-refractivity contribution in [3.8, 4) is 11.4 Å². The van der Waals surface area contributed by atoms with Crippen LogP contribution in [-0.4, -0.2) is 26.5 Å². The molecule has 3 N–H and O–H groups in total. The lowest BCUT2D eigenvalue weighted by atomic mass is 10.1. The fraction of sp³-hybridized carbons (Fsp3) is 0.0909. The second-order valence-electron chi connectivity index (χ2n) is 3.83. The van der Waals surface area contributed by atoms with Crippen LogP contribution in [0.5, 0.6) is 0 Å². The van der Waals surface area contributed by atoms with Gasteiger partial charge >= 0.3 is 0 Å². The van der Waals surface area contributed by atoms with Crippen molar-refractivity contribution in [1.29, 1.82) is 0 Å². The Hall–Kier alpha value is -2.70. The molecule has 0 radical (unpaired) electrons. The average Bonchev–Trinajstić information content (AvgIpc) is 2.97. The molecule has 0 aliphatic rings. The molecule has 7 heteroatoms. The molecule has 0 saturated heterocycles. The van der Waals surface area contributed by atoms with E-state index in [1.54, 1.807) is 19.1 Å². The van der Waals surface area contributed by atoms with Crippen LogP contribution in [0.1, 0.15) is 16.1 Å². The quantitative estimate of drug-likeness (QED) is 0.698. The molecule has 1 amide bonds. The molecule has 2 aromatic heterocycles. The molecule has 7 nitrogen and oxygen atoms in total. The monoisotopic (exact) mass is 243 g/mol. The Labute approximate surface area is 101 Å². The molecule has 3 aromatic rings. The molecule has 0 spiro atoms. The Morgan fingerprint density at radius 3 is 2.94 bits per heavy atom. The summed E-state index contributed by atoms with van der Waals surface area (Å²) in [7, 11) is 0. The van der Waals surface area contributed by atoms with Crippen molar-refractivity contribution in [2.45, 2.75) is 6.92 Å². The minimum atomic E-state index is -0.595. The second-order valence-corrected chi connectivity index (χ2v) is 3.83. The first kappa shape index (κ1) is 10.5. The van der Waals surface area contributed by atoms with Gasteiger partial charge < -0.3 is 10.2 Å². The van der Waals surface area contributed by atoms with Crippen LogP contribution in [0, 0.1) is 6.92 Å². The number of rotatable bonds is 2. The number of carbonyl (C=O) groups is 1. The number of aromatic nitrogens is 4. The lowest BCUT2D eigenvalue weighted by Crippen LogP contribution is -2.10. The highest BCUT2D eigenvalue weighted by Crippen LogP contribution is 2.32. The van der Waals surface area contributed by atoms with E-state index >= 15 is 0 Å². The van der Waals surface area contributed by atoms with E-state index < -0.39 is 5.91 Å². The summed E-state index contributed by atoms with van der Waals surface area (Å²) >= 11 is 0. The normalized spacial score (nSPS) is 10.9. The number of nitrogens with two attached hydrogens (primary N) is 1. The SMILES string of the molecule is Cc1c(C(N)=O)oc2cccc(-c3nn[nH]n3)c12. The molecule has 0 fully saturated rings. The molecule has 0 bridgehead atoms. The topological polar surface area (TPSA) is 111 Å². The largest absolute Gasteiger partial charge is 0.451 e. The first-order valence-electron chi connectivity index (χ1n) is 5.24. The molecule has 0 atom stereocenters. The first-order valence-corrected chi connectivity index (χ1v) is 5.24. The molecule has 2 heterocycles. The third kappa shape index (κ3) is 1.37. The summed E-state index contributed by atoms with van der Waals surface area (Å²) in [6.07, 6.45) is 0. The molecule has 90 valence electrons. The summed E-state index contributed by atoms with van der Waals surface area (Å²) in [5, 5.41) is 14.5. The standard InChI is InChI=1S/C11H9N5O2/c1-5-8-6(11-13-15-16-14-11)3-2-4-7(8)18-9(5)10(12)17/h2-4H,1H3,(H2,12,17)(H,13,14,15,16). The number of hydrogen-bond donors (Lipinski definition) is 2. The van der Waals surface area contributed by atoms with E-state index in [1.807, 2.05) is 6.07 Å². The van der Waals surface area contributed by atoms with Crippen LogP contribution in [-0.2, 0) is 0 Å². The smallest absolute Gasteiger partial charge is 0.284 e. The number of carbonyl (C=O) groups excluding carboxylic acids is 1. The molecular formula is C11H9N5O2. The number of primary amides is 1. The van der Waals surface area contributed by atoms with E-state index in [4.69, 9.17) is 10.2 Å². The maximum atomic E-state index is 11.3. The molecular weight excluding hydrogens is 234 g/mol. The Kier molecular flexibility index (Phi) is 2.12. The molecule has 0 unspecified atom stereocenters. The Morgan fingerprint density at radius 1 is 1.44 bits per heavy atom. The Bertz CT molecular complexity index is 729. The average molecular weight is 243 g/mol. The van der Waals surface area contributed by atoms with Crippen molar-refractivity contribution in [1.82, 2.24) is 20.6 Å². The van der Waals surface area contributed by atoms with Gasteiger partial charge in [-0.15, -0.1) is 10.2 Å². The first-order chi connectivity index (χ1) is 8.68. The van der Waals surface area contributed by atoms with E-state index in [0.29, 0.717) is 17.0 Å². The summed E-state index contributed by atoms with van der Waals surface area (Å²) in [4.78, 5) is 11.3. The molecule has 18 heavy (non-hydrogen) atoms. The van der Waals surface area contributed by atoms with Crippen LogP contribution in [0.2, 0.25) is 0 Å². The van der Waals surface area contributed by atoms with Crippen LogP contribution in [0.25, 0.3) is 22.4 Å². The van der Waals surface area contributed by atoms with Crippen molar-refractivity contribution >= 4 is 16.9 Å². The van der Waals surface area contributed by atoms with Gasteiger partial charge in [-0.25, -0.2) is 0 Å². The number of amides is 1. The minimum Gasteiger partial charge on any atom is -0.451 e. The molecule has 0 aliphatic carbocycles. The van der Waals surface area contributed by atoms with Crippen LogP contribution in [0.3, 0.4) is 0 Å². The van der Waals surface area contributed by atoms with E-state index in [1.165, 1.54) is 0 Å². The number of hydrogen-bond acceptors (Lipinski definition) is 5. The fourth-order valence-corrected chi connectivity index (χ4v) is 2.00. The van der Waals surface area contributed by atoms with Crippen molar-refractivity contribution in [3.63, 3.8) is 0 Å².